The van der Waals surface area contributed by atoms with Crippen LogP contribution in [0.25, 0.3) is 11.4 Å². The first-order valence-electron chi connectivity index (χ1n) is 5.87. The number of aromatic nitrogens is 2. The molecule has 2 aromatic rings. The first-order chi connectivity index (χ1) is 9.06. The Balaban J connectivity index is 2.19. The molecule has 2 rings (SSSR count). The van der Waals surface area contributed by atoms with Crippen molar-refractivity contribution in [2.75, 3.05) is 19.0 Å². The number of aliphatic carboxylic acids is 1. The summed E-state index contributed by atoms with van der Waals surface area (Å²) in [6.07, 6.45) is 3.05. The van der Waals surface area contributed by atoms with E-state index in [9.17, 15) is 4.79 Å². The molecule has 0 unspecified atom stereocenters. The molecular weight excluding hydrogens is 242 g/mol. The van der Waals surface area contributed by atoms with Gasteiger partial charge in [-0.15, -0.1) is 0 Å². The van der Waals surface area contributed by atoms with E-state index in [1.807, 2.05) is 43.3 Å². The topological polar surface area (TPSA) is 66.3 Å². The standard InChI is InChI=1S/C14H15N3O2/c1-17(2)12-5-3-11(4-6-12)14-15-8-10(9-16-14)7-13(18)19/h3-6,8-9H,7H2,1-2H3,(H,18,19). The van der Waals surface area contributed by atoms with Crippen LogP contribution in [-0.4, -0.2) is 35.1 Å². The van der Waals surface area contributed by atoms with Crippen LogP contribution in [0.3, 0.4) is 0 Å². The van der Waals surface area contributed by atoms with E-state index in [2.05, 4.69) is 9.97 Å². The number of benzene rings is 1. The Hall–Kier alpha value is -2.43. The largest absolute Gasteiger partial charge is 0.481 e. The molecule has 5 heteroatoms. The molecule has 0 atom stereocenters. The number of nitrogens with zero attached hydrogens (tertiary/aromatic N) is 3. The van der Waals surface area contributed by atoms with Gasteiger partial charge in [0.05, 0.1) is 6.42 Å². The maximum absolute atomic E-state index is 10.6. The summed E-state index contributed by atoms with van der Waals surface area (Å²) in [4.78, 5) is 21.0. The first kappa shape index (κ1) is 13.0. The lowest BCUT2D eigenvalue weighted by atomic mass is 10.2. The summed E-state index contributed by atoms with van der Waals surface area (Å²) in [7, 11) is 3.96. The predicted molar refractivity (Wildman–Crippen MR) is 73.1 cm³/mol. The summed E-state index contributed by atoms with van der Waals surface area (Å²) in [5.41, 5.74) is 2.61. The highest BCUT2D eigenvalue weighted by atomic mass is 16.4. The summed E-state index contributed by atoms with van der Waals surface area (Å²) in [6, 6.07) is 7.87. The van der Waals surface area contributed by atoms with Gasteiger partial charge < -0.3 is 10.0 Å². The average molecular weight is 257 g/mol. The van der Waals surface area contributed by atoms with E-state index in [0.717, 1.165) is 11.3 Å². The van der Waals surface area contributed by atoms with Crippen LogP contribution in [0.5, 0.6) is 0 Å². The molecule has 0 bridgehead atoms. The minimum absolute atomic E-state index is 0.0557. The first-order valence-corrected chi connectivity index (χ1v) is 5.87. The molecule has 0 spiro atoms. The molecule has 0 saturated carbocycles. The van der Waals surface area contributed by atoms with Gasteiger partial charge in [-0.3, -0.25) is 4.79 Å². The molecule has 1 N–H and O–H groups in total. The molecule has 98 valence electrons. The quantitative estimate of drug-likeness (QED) is 0.905. The van der Waals surface area contributed by atoms with Crippen LogP contribution in [0.1, 0.15) is 5.56 Å². The normalized spacial score (nSPS) is 10.2. The van der Waals surface area contributed by atoms with Gasteiger partial charge in [-0.2, -0.15) is 0 Å². The van der Waals surface area contributed by atoms with Crippen molar-refractivity contribution in [1.29, 1.82) is 0 Å². The van der Waals surface area contributed by atoms with Crippen molar-refractivity contribution in [2.24, 2.45) is 0 Å². The third-order valence-electron chi connectivity index (χ3n) is 2.70. The zero-order valence-corrected chi connectivity index (χ0v) is 10.9. The fourth-order valence-electron chi connectivity index (χ4n) is 1.68. The predicted octanol–water partition coefficient (Wildman–Crippen LogP) is 1.84. The Bertz CT molecular complexity index is 562. The average Bonchev–Trinajstić information content (AvgIpc) is 2.39. The third-order valence-corrected chi connectivity index (χ3v) is 2.70. The Morgan fingerprint density at radius 1 is 1.16 bits per heavy atom. The van der Waals surface area contributed by atoms with Gasteiger partial charge in [-0.25, -0.2) is 9.97 Å². The second kappa shape index (κ2) is 5.48. The lowest BCUT2D eigenvalue weighted by Crippen LogP contribution is -2.08. The van der Waals surface area contributed by atoms with Crippen molar-refractivity contribution in [3.05, 3.63) is 42.2 Å². The third kappa shape index (κ3) is 3.28. The molecule has 5 nitrogen and oxygen atoms in total. The smallest absolute Gasteiger partial charge is 0.307 e. The van der Waals surface area contributed by atoms with Gasteiger partial charge >= 0.3 is 5.97 Å². The fourth-order valence-corrected chi connectivity index (χ4v) is 1.68. The number of carboxylic acids is 1. The highest BCUT2D eigenvalue weighted by molar-refractivity contribution is 5.70. The summed E-state index contributed by atoms with van der Waals surface area (Å²) in [5, 5.41) is 8.68. The lowest BCUT2D eigenvalue weighted by Gasteiger charge is -2.12. The van der Waals surface area contributed by atoms with Gasteiger partial charge in [0, 0.05) is 37.7 Å². The summed E-state index contributed by atoms with van der Waals surface area (Å²) in [5.74, 6) is -0.286. The Morgan fingerprint density at radius 2 is 1.74 bits per heavy atom. The number of rotatable bonds is 4. The van der Waals surface area contributed by atoms with E-state index in [-0.39, 0.29) is 6.42 Å². The van der Waals surface area contributed by atoms with E-state index in [1.165, 1.54) is 0 Å². The monoisotopic (exact) mass is 257 g/mol. The van der Waals surface area contributed by atoms with E-state index in [1.54, 1.807) is 12.4 Å². The molecule has 0 saturated heterocycles. The van der Waals surface area contributed by atoms with Crippen LogP contribution in [0.15, 0.2) is 36.7 Å². The summed E-state index contributed by atoms with van der Waals surface area (Å²) in [6.45, 7) is 0. The molecule has 1 aromatic heterocycles. The van der Waals surface area contributed by atoms with E-state index in [4.69, 9.17) is 5.11 Å². The second-order valence-corrected chi connectivity index (χ2v) is 4.43. The number of carbonyl (C=O) groups is 1. The van der Waals surface area contributed by atoms with Gasteiger partial charge in [0.15, 0.2) is 5.82 Å². The van der Waals surface area contributed by atoms with Crippen molar-refractivity contribution in [3.8, 4) is 11.4 Å². The van der Waals surface area contributed by atoms with Gasteiger partial charge in [0.25, 0.3) is 0 Å². The molecule has 19 heavy (non-hydrogen) atoms. The zero-order valence-electron chi connectivity index (χ0n) is 10.9. The van der Waals surface area contributed by atoms with Crippen molar-refractivity contribution in [1.82, 2.24) is 9.97 Å². The van der Waals surface area contributed by atoms with Crippen LogP contribution < -0.4 is 4.90 Å². The van der Waals surface area contributed by atoms with Crippen LogP contribution in [0, 0.1) is 0 Å². The van der Waals surface area contributed by atoms with Crippen molar-refractivity contribution < 1.29 is 9.90 Å². The fraction of sp³-hybridized carbons (Fsp3) is 0.214. The number of anilines is 1. The molecular formula is C14H15N3O2. The minimum atomic E-state index is -0.883. The zero-order chi connectivity index (χ0) is 13.8. The maximum atomic E-state index is 10.6. The molecule has 1 heterocycles. The number of carboxylic acid groups (broad SMARTS) is 1. The Kier molecular flexibility index (Phi) is 3.75. The van der Waals surface area contributed by atoms with E-state index >= 15 is 0 Å². The molecule has 0 amide bonds. The van der Waals surface area contributed by atoms with E-state index in [0.29, 0.717) is 11.4 Å². The highest BCUT2D eigenvalue weighted by Crippen LogP contribution is 2.19. The minimum Gasteiger partial charge on any atom is -0.481 e. The SMILES string of the molecule is CN(C)c1ccc(-c2ncc(CC(=O)O)cn2)cc1. The van der Waals surface area contributed by atoms with Crippen LogP contribution in [-0.2, 0) is 11.2 Å². The van der Waals surface area contributed by atoms with Crippen LogP contribution in [0.4, 0.5) is 5.69 Å². The van der Waals surface area contributed by atoms with Crippen molar-refractivity contribution in [3.63, 3.8) is 0 Å². The Labute approximate surface area is 111 Å². The number of hydrogen-bond donors (Lipinski definition) is 1. The molecule has 0 radical (unpaired) electrons. The van der Waals surface area contributed by atoms with Crippen LogP contribution in [0.2, 0.25) is 0 Å². The van der Waals surface area contributed by atoms with E-state index < -0.39 is 5.97 Å². The van der Waals surface area contributed by atoms with Gasteiger partial charge in [0.1, 0.15) is 0 Å². The van der Waals surface area contributed by atoms with Gasteiger partial charge in [-0.05, 0) is 29.8 Å². The van der Waals surface area contributed by atoms with Crippen molar-refractivity contribution in [2.45, 2.75) is 6.42 Å². The molecule has 0 fully saturated rings. The Morgan fingerprint density at radius 3 is 2.21 bits per heavy atom. The van der Waals surface area contributed by atoms with Crippen LogP contribution >= 0.6 is 0 Å². The molecule has 0 aliphatic carbocycles. The number of hydrogen-bond acceptors (Lipinski definition) is 4. The second-order valence-electron chi connectivity index (χ2n) is 4.43. The molecule has 1 aromatic carbocycles. The summed E-state index contributed by atoms with van der Waals surface area (Å²) < 4.78 is 0. The molecule has 0 aliphatic rings. The van der Waals surface area contributed by atoms with Gasteiger partial charge in [-0.1, -0.05) is 0 Å². The van der Waals surface area contributed by atoms with Crippen molar-refractivity contribution >= 4 is 11.7 Å². The summed E-state index contributed by atoms with van der Waals surface area (Å²) >= 11 is 0. The molecule has 0 aliphatic heterocycles. The maximum Gasteiger partial charge on any atom is 0.307 e. The highest BCUT2D eigenvalue weighted by Gasteiger charge is 2.04. The van der Waals surface area contributed by atoms with Gasteiger partial charge in [0.2, 0.25) is 0 Å². The lowest BCUT2D eigenvalue weighted by molar-refractivity contribution is -0.136.